The second-order valence-corrected chi connectivity index (χ2v) is 5.11. The molecule has 0 bridgehead atoms. The highest BCUT2D eigenvalue weighted by Crippen LogP contribution is 2.23. The summed E-state index contributed by atoms with van der Waals surface area (Å²) in [5, 5.41) is 12.6. The second kappa shape index (κ2) is 9.08. The van der Waals surface area contributed by atoms with Crippen molar-refractivity contribution in [2.75, 3.05) is 18.5 Å². The molecule has 6 heteroatoms. The molecule has 0 aliphatic heterocycles. The van der Waals surface area contributed by atoms with Gasteiger partial charge in [-0.3, -0.25) is 0 Å². The van der Waals surface area contributed by atoms with E-state index in [0.29, 0.717) is 24.7 Å². The highest BCUT2D eigenvalue weighted by atomic mass is 19.3. The van der Waals surface area contributed by atoms with E-state index in [4.69, 9.17) is 9.47 Å². The lowest BCUT2D eigenvalue weighted by Crippen LogP contribution is -2.07. The quantitative estimate of drug-likeness (QED) is 0.730. The zero-order chi connectivity index (χ0) is 17.4. The molecule has 2 rings (SSSR count). The Labute approximate surface area is 140 Å². The molecular formula is C18H21F2NO3. The highest BCUT2D eigenvalue weighted by Gasteiger charge is 2.05. The molecule has 0 saturated heterocycles. The minimum absolute atomic E-state index is 0.0962. The SMILES string of the molecule is CCOc1ccc(NCc2ccc(OCC(F)F)cc2)cc1CO. The molecule has 0 saturated carbocycles. The Balaban J connectivity index is 1.93. The van der Waals surface area contributed by atoms with E-state index in [2.05, 4.69) is 5.32 Å². The summed E-state index contributed by atoms with van der Waals surface area (Å²) in [7, 11) is 0. The van der Waals surface area contributed by atoms with Crippen LogP contribution in [0.15, 0.2) is 42.5 Å². The van der Waals surface area contributed by atoms with Crippen LogP contribution in [-0.4, -0.2) is 24.7 Å². The van der Waals surface area contributed by atoms with Gasteiger partial charge in [-0.25, -0.2) is 8.78 Å². The summed E-state index contributed by atoms with van der Waals surface area (Å²) in [5.41, 5.74) is 2.57. The van der Waals surface area contributed by atoms with Gasteiger partial charge in [-0.1, -0.05) is 12.1 Å². The third kappa shape index (κ3) is 5.38. The van der Waals surface area contributed by atoms with Crippen LogP contribution < -0.4 is 14.8 Å². The maximum Gasteiger partial charge on any atom is 0.272 e. The lowest BCUT2D eigenvalue weighted by Gasteiger charge is -2.12. The number of hydrogen-bond acceptors (Lipinski definition) is 4. The van der Waals surface area contributed by atoms with Crippen molar-refractivity contribution in [2.45, 2.75) is 26.5 Å². The van der Waals surface area contributed by atoms with Crippen molar-refractivity contribution < 1.29 is 23.4 Å². The van der Waals surface area contributed by atoms with Crippen LogP contribution in [0.3, 0.4) is 0 Å². The molecule has 2 aromatic rings. The van der Waals surface area contributed by atoms with Crippen LogP contribution in [0.1, 0.15) is 18.1 Å². The Kier molecular flexibility index (Phi) is 6.81. The number of ether oxygens (including phenoxy) is 2. The first-order valence-electron chi connectivity index (χ1n) is 7.72. The molecular weight excluding hydrogens is 316 g/mol. The molecule has 2 aromatic carbocycles. The topological polar surface area (TPSA) is 50.7 Å². The van der Waals surface area contributed by atoms with Gasteiger partial charge in [-0.15, -0.1) is 0 Å². The van der Waals surface area contributed by atoms with E-state index in [-0.39, 0.29) is 6.61 Å². The van der Waals surface area contributed by atoms with E-state index in [1.165, 1.54) is 0 Å². The van der Waals surface area contributed by atoms with E-state index in [0.717, 1.165) is 16.8 Å². The molecule has 0 spiro atoms. The summed E-state index contributed by atoms with van der Waals surface area (Å²) in [5.74, 6) is 1.09. The predicted molar refractivity (Wildman–Crippen MR) is 88.8 cm³/mol. The fourth-order valence-corrected chi connectivity index (χ4v) is 2.18. The minimum atomic E-state index is -2.48. The summed E-state index contributed by atoms with van der Waals surface area (Å²) in [6, 6.07) is 12.5. The van der Waals surface area contributed by atoms with Gasteiger partial charge in [0.2, 0.25) is 0 Å². The van der Waals surface area contributed by atoms with Gasteiger partial charge in [0, 0.05) is 17.8 Å². The van der Waals surface area contributed by atoms with Crippen LogP contribution in [0.2, 0.25) is 0 Å². The molecule has 0 aliphatic carbocycles. The van der Waals surface area contributed by atoms with Gasteiger partial charge in [-0.05, 0) is 42.8 Å². The molecule has 0 unspecified atom stereocenters. The molecule has 0 aliphatic rings. The van der Waals surface area contributed by atoms with Gasteiger partial charge in [0.1, 0.15) is 18.1 Å². The van der Waals surface area contributed by atoms with Crippen molar-refractivity contribution in [1.29, 1.82) is 0 Å². The van der Waals surface area contributed by atoms with Gasteiger partial charge in [-0.2, -0.15) is 0 Å². The number of anilines is 1. The maximum absolute atomic E-state index is 12.1. The molecule has 130 valence electrons. The second-order valence-electron chi connectivity index (χ2n) is 5.11. The lowest BCUT2D eigenvalue weighted by atomic mass is 10.1. The lowest BCUT2D eigenvalue weighted by molar-refractivity contribution is 0.0819. The maximum atomic E-state index is 12.1. The summed E-state index contributed by atoms with van der Waals surface area (Å²) >= 11 is 0. The summed E-state index contributed by atoms with van der Waals surface area (Å²) in [4.78, 5) is 0. The largest absolute Gasteiger partial charge is 0.494 e. The molecule has 0 fully saturated rings. The van der Waals surface area contributed by atoms with Gasteiger partial charge >= 0.3 is 0 Å². The first-order valence-corrected chi connectivity index (χ1v) is 7.72. The average Bonchev–Trinajstić information content (AvgIpc) is 2.60. The first-order chi connectivity index (χ1) is 11.6. The number of aliphatic hydroxyl groups excluding tert-OH is 1. The average molecular weight is 337 g/mol. The number of halogens is 2. The molecule has 0 radical (unpaired) electrons. The number of benzene rings is 2. The fourth-order valence-electron chi connectivity index (χ4n) is 2.18. The number of alkyl halides is 2. The molecule has 0 atom stereocenters. The van der Waals surface area contributed by atoms with Crippen molar-refractivity contribution >= 4 is 5.69 Å². The molecule has 4 nitrogen and oxygen atoms in total. The molecule has 0 aromatic heterocycles. The Bertz CT molecular complexity index is 633. The van der Waals surface area contributed by atoms with Crippen molar-refractivity contribution in [3.63, 3.8) is 0 Å². The van der Waals surface area contributed by atoms with E-state index < -0.39 is 13.0 Å². The van der Waals surface area contributed by atoms with E-state index in [9.17, 15) is 13.9 Å². The summed E-state index contributed by atoms with van der Waals surface area (Å²) < 4.78 is 34.6. The highest BCUT2D eigenvalue weighted by molar-refractivity contribution is 5.51. The zero-order valence-electron chi connectivity index (χ0n) is 13.5. The van der Waals surface area contributed by atoms with Gasteiger partial charge < -0.3 is 19.9 Å². The molecule has 2 N–H and O–H groups in total. The number of nitrogens with one attached hydrogen (secondary N) is 1. The van der Waals surface area contributed by atoms with Crippen molar-refractivity contribution in [3.8, 4) is 11.5 Å². The number of hydrogen-bond donors (Lipinski definition) is 2. The summed E-state index contributed by atoms with van der Waals surface area (Å²) in [6.07, 6.45) is -2.48. The van der Waals surface area contributed by atoms with Crippen LogP contribution in [0, 0.1) is 0 Å². The zero-order valence-corrected chi connectivity index (χ0v) is 13.5. The normalized spacial score (nSPS) is 10.7. The third-order valence-electron chi connectivity index (χ3n) is 3.33. The van der Waals surface area contributed by atoms with Crippen LogP contribution in [-0.2, 0) is 13.2 Å². The number of rotatable bonds is 9. The predicted octanol–water partition coefficient (Wildman–Crippen LogP) is 3.83. The van der Waals surface area contributed by atoms with Crippen LogP contribution in [0.4, 0.5) is 14.5 Å². The standard InChI is InChI=1S/C18H21F2NO3/c1-2-23-17-8-5-15(9-14(17)11-22)21-10-13-3-6-16(7-4-13)24-12-18(19)20/h3-9,18,21-22H,2,10-12H2,1H3. The van der Waals surface area contributed by atoms with Crippen molar-refractivity contribution in [2.24, 2.45) is 0 Å². The van der Waals surface area contributed by atoms with Crippen LogP contribution in [0.25, 0.3) is 0 Å². The van der Waals surface area contributed by atoms with Crippen LogP contribution in [0.5, 0.6) is 11.5 Å². The first kappa shape index (κ1) is 18.0. The Hall–Kier alpha value is -2.34. The monoisotopic (exact) mass is 337 g/mol. The molecule has 0 heterocycles. The van der Waals surface area contributed by atoms with Crippen molar-refractivity contribution in [3.05, 3.63) is 53.6 Å². The smallest absolute Gasteiger partial charge is 0.272 e. The minimum Gasteiger partial charge on any atom is -0.494 e. The van der Waals surface area contributed by atoms with E-state index in [1.807, 2.05) is 37.3 Å². The van der Waals surface area contributed by atoms with Gasteiger partial charge in [0.25, 0.3) is 6.43 Å². The van der Waals surface area contributed by atoms with Crippen molar-refractivity contribution in [1.82, 2.24) is 0 Å². The third-order valence-corrected chi connectivity index (χ3v) is 3.33. The Morgan fingerprint density at radius 3 is 2.46 bits per heavy atom. The summed E-state index contributed by atoms with van der Waals surface area (Å²) in [6.45, 7) is 2.30. The van der Waals surface area contributed by atoms with E-state index >= 15 is 0 Å². The Morgan fingerprint density at radius 1 is 1.08 bits per heavy atom. The molecule has 24 heavy (non-hydrogen) atoms. The Morgan fingerprint density at radius 2 is 1.83 bits per heavy atom. The van der Waals surface area contributed by atoms with Crippen LogP contribution >= 0.6 is 0 Å². The van der Waals surface area contributed by atoms with E-state index in [1.54, 1.807) is 12.1 Å². The molecule has 0 amide bonds. The fraction of sp³-hybridized carbons (Fsp3) is 0.333. The van der Waals surface area contributed by atoms with Gasteiger partial charge in [0.15, 0.2) is 0 Å². The number of aliphatic hydroxyl groups is 1. The van der Waals surface area contributed by atoms with Gasteiger partial charge in [0.05, 0.1) is 13.2 Å².